The van der Waals surface area contributed by atoms with Crippen LogP contribution in [0.25, 0.3) is 10.8 Å². The fourth-order valence-electron chi connectivity index (χ4n) is 2.31. The lowest BCUT2D eigenvalue weighted by Gasteiger charge is -2.10. The molecule has 0 atom stereocenters. The lowest BCUT2D eigenvalue weighted by Crippen LogP contribution is -2.01. The van der Waals surface area contributed by atoms with Crippen LogP contribution in [0.3, 0.4) is 0 Å². The molecule has 0 heterocycles. The molecular weight excluding hydrogens is 272 g/mol. The van der Waals surface area contributed by atoms with Crippen molar-refractivity contribution in [3.63, 3.8) is 0 Å². The predicted octanol–water partition coefficient (Wildman–Crippen LogP) is 4.44. The fourth-order valence-corrected chi connectivity index (χ4v) is 2.31. The van der Waals surface area contributed by atoms with Crippen LogP contribution in [0.1, 0.15) is 5.56 Å². The highest BCUT2D eigenvalue weighted by molar-refractivity contribution is 5.85. The van der Waals surface area contributed by atoms with Gasteiger partial charge in [-0.25, -0.2) is 8.78 Å². The molecule has 0 saturated carbocycles. The van der Waals surface area contributed by atoms with E-state index in [1.165, 1.54) is 0 Å². The molecule has 106 valence electrons. The number of rotatable bonds is 3. The molecule has 0 aliphatic heterocycles. The van der Waals surface area contributed by atoms with E-state index in [4.69, 9.17) is 5.11 Å². The van der Waals surface area contributed by atoms with Crippen LogP contribution in [-0.4, -0.2) is 5.11 Å². The minimum Gasteiger partial charge on any atom is -0.503 e. The fraction of sp³-hybridized carbons (Fsp3) is 0.0588. The molecule has 0 aliphatic carbocycles. The molecule has 2 nitrogen and oxygen atoms in total. The van der Waals surface area contributed by atoms with E-state index in [1.807, 2.05) is 42.5 Å². The van der Waals surface area contributed by atoms with E-state index < -0.39 is 17.4 Å². The van der Waals surface area contributed by atoms with Gasteiger partial charge < -0.3 is 10.4 Å². The third kappa shape index (κ3) is 2.65. The molecule has 0 saturated heterocycles. The lowest BCUT2D eigenvalue weighted by molar-refractivity contribution is 0.396. The summed E-state index contributed by atoms with van der Waals surface area (Å²) in [6.45, 7) is 0.436. The van der Waals surface area contributed by atoms with Crippen molar-refractivity contribution in [1.29, 1.82) is 0 Å². The van der Waals surface area contributed by atoms with Gasteiger partial charge in [0.1, 0.15) is 0 Å². The minimum absolute atomic E-state index is 0.288. The zero-order valence-corrected chi connectivity index (χ0v) is 11.1. The Hall–Kier alpha value is -2.62. The molecule has 0 unspecified atom stereocenters. The highest BCUT2D eigenvalue weighted by atomic mass is 19.1. The van der Waals surface area contributed by atoms with E-state index in [-0.39, 0.29) is 5.69 Å². The summed E-state index contributed by atoms with van der Waals surface area (Å²) >= 11 is 0. The second-order valence-corrected chi connectivity index (χ2v) is 4.78. The zero-order valence-electron chi connectivity index (χ0n) is 11.1. The van der Waals surface area contributed by atoms with Crippen LogP contribution in [0.2, 0.25) is 0 Å². The Morgan fingerprint density at radius 3 is 2.33 bits per heavy atom. The van der Waals surface area contributed by atoms with Gasteiger partial charge in [-0.2, -0.15) is 0 Å². The molecule has 0 bridgehead atoms. The normalized spacial score (nSPS) is 10.8. The Morgan fingerprint density at radius 2 is 1.57 bits per heavy atom. The smallest absolute Gasteiger partial charge is 0.187 e. The molecule has 0 fully saturated rings. The van der Waals surface area contributed by atoms with Crippen LogP contribution >= 0.6 is 0 Å². The van der Waals surface area contributed by atoms with Crippen molar-refractivity contribution in [2.75, 3.05) is 5.32 Å². The van der Waals surface area contributed by atoms with Gasteiger partial charge in [-0.3, -0.25) is 0 Å². The SMILES string of the molecule is Oc1c(F)cc(NCc2cccc3ccccc23)cc1F. The molecular formula is C17H13F2NO. The number of halogens is 2. The highest BCUT2D eigenvalue weighted by Gasteiger charge is 2.09. The van der Waals surface area contributed by atoms with E-state index in [2.05, 4.69) is 5.32 Å². The number of hydrogen-bond donors (Lipinski definition) is 2. The summed E-state index contributed by atoms with van der Waals surface area (Å²) in [7, 11) is 0. The Morgan fingerprint density at radius 1 is 0.905 bits per heavy atom. The summed E-state index contributed by atoms with van der Waals surface area (Å²) in [5.74, 6) is -2.91. The molecule has 0 radical (unpaired) electrons. The number of phenolic OH excluding ortho intramolecular Hbond substituents is 1. The number of anilines is 1. The number of fused-ring (bicyclic) bond motifs is 1. The van der Waals surface area contributed by atoms with E-state index in [0.717, 1.165) is 28.5 Å². The van der Waals surface area contributed by atoms with E-state index >= 15 is 0 Å². The van der Waals surface area contributed by atoms with Gasteiger partial charge in [-0.15, -0.1) is 0 Å². The second-order valence-electron chi connectivity index (χ2n) is 4.78. The van der Waals surface area contributed by atoms with Crippen LogP contribution in [0, 0.1) is 11.6 Å². The molecule has 3 aromatic rings. The predicted molar refractivity (Wildman–Crippen MR) is 79.3 cm³/mol. The first-order valence-electron chi connectivity index (χ1n) is 6.53. The topological polar surface area (TPSA) is 32.3 Å². The van der Waals surface area contributed by atoms with Gasteiger partial charge in [0, 0.05) is 24.4 Å². The summed E-state index contributed by atoms with van der Waals surface area (Å²) < 4.78 is 26.6. The third-order valence-electron chi connectivity index (χ3n) is 3.38. The second kappa shape index (κ2) is 5.40. The van der Waals surface area contributed by atoms with Crippen molar-refractivity contribution < 1.29 is 13.9 Å². The molecule has 3 aromatic carbocycles. The van der Waals surface area contributed by atoms with Crippen molar-refractivity contribution >= 4 is 16.5 Å². The van der Waals surface area contributed by atoms with Gasteiger partial charge in [0.05, 0.1) is 0 Å². The first-order chi connectivity index (χ1) is 10.1. The number of phenols is 1. The van der Waals surface area contributed by atoms with Crippen molar-refractivity contribution in [3.8, 4) is 5.75 Å². The molecule has 0 amide bonds. The first-order valence-corrected chi connectivity index (χ1v) is 6.53. The largest absolute Gasteiger partial charge is 0.503 e. The van der Waals surface area contributed by atoms with Crippen LogP contribution in [0.4, 0.5) is 14.5 Å². The van der Waals surface area contributed by atoms with Crippen LogP contribution < -0.4 is 5.32 Å². The molecule has 0 spiro atoms. The zero-order chi connectivity index (χ0) is 14.8. The number of nitrogens with one attached hydrogen (secondary N) is 1. The van der Waals surface area contributed by atoms with Gasteiger partial charge in [0.25, 0.3) is 0 Å². The maximum absolute atomic E-state index is 13.3. The van der Waals surface area contributed by atoms with E-state index in [1.54, 1.807) is 0 Å². The van der Waals surface area contributed by atoms with Gasteiger partial charge in [-0.1, -0.05) is 42.5 Å². The van der Waals surface area contributed by atoms with Crippen LogP contribution in [0.15, 0.2) is 54.6 Å². The molecule has 3 rings (SSSR count). The van der Waals surface area contributed by atoms with Gasteiger partial charge >= 0.3 is 0 Å². The maximum atomic E-state index is 13.3. The minimum atomic E-state index is -0.976. The third-order valence-corrected chi connectivity index (χ3v) is 3.38. The van der Waals surface area contributed by atoms with Crippen molar-refractivity contribution in [1.82, 2.24) is 0 Å². The maximum Gasteiger partial charge on any atom is 0.187 e. The summed E-state index contributed by atoms with van der Waals surface area (Å²) in [5.41, 5.74) is 1.32. The van der Waals surface area contributed by atoms with Gasteiger partial charge in [0.15, 0.2) is 17.4 Å². The van der Waals surface area contributed by atoms with Crippen LogP contribution in [-0.2, 0) is 6.54 Å². The van der Waals surface area contributed by atoms with Gasteiger partial charge in [-0.05, 0) is 16.3 Å². The average molecular weight is 285 g/mol. The Balaban J connectivity index is 1.87. The molecule has 2 N–H and O–H groups in total. The quantitative estimate of drug-likeness (QED) is 0.697. The average Bonchev–Trinajstić information content (AvgIpc) is 2.50. The van der Waals surface area contributed by atoms with Crippen molar-refractivity contribution in [2.24, 2.45) is 0 Å². The highest BCUT2D eigenvalue weighted by Crippen LogP contribution is 2.25. The summed E-state index contributed by atoms with van der Waals surface area (Å²) in [5, 5.41) is 14.3. The van der Waals surface area contributed by atoms with Crippen molar-refractivity contribution in [2.45, 2.75) is 6.54 Å². The summed E-state index contributed by atoms with van der Waals surface area (Å²) in [6, 6.07) is 16.0. The Kier molecular flexibility index (Phi) is 3.44. The van der Waals surface area contributed by atoms with Crippen molar-refractivity contribution in [3.05, 3.63) is 71.8 Å². The van der Waals surface area contributed by atoms with E-state index in [9.17, 15) is 8.78 Å². The number of aromatic hydroxyl groups is 1. The monoisotopic (exact) mass is 285 g/mol. The number of benzene rings is 3. The van der Waals surface area contributed by atoms with E-state index in [0.29, 0.717) is 6.54 Å². The molecule has 0 aliphatic rings. The summed E-state index contributed by atoms with van der Waals surface area (Å²) in [6.07, 6.45) is 0. The molecule has 21 heavy (non-hydrogen) atoms. The molecule has 4 heteroatoms. The Labute approximate surface area is 120 Å². The standard InChI is InChI=1S/C17H13F2NO/c18-15-8-13(9-16(19)17(15)21)20-10-12-6-3-5-11-4-1-2-7-14(11)12/h1-9,20-21H,10H2. The van der Waals surface area contributed by atoms with Crippen LogP contribution in [0.5, 0.6) is 5.75 Å². The molecule has 0 aromatic heterocycles. The first kappa shape index (κ1) is 13.4. The lowest BCUT2D eigenvalue weighted by atomic mass is 10.0. The van der Waals surface area contributed by atoms with Gasteiger partial charge in [0.2, 0.25) is 0 Å². The number of hydrogen-bond acceptors (Lipinski definition) is 2. The Bertz CT molecular complexity index is 773. The summed E-state index contributed by atoms with van der Waals surface area (Å²) in [4.78, 5) is 0.